The first-order chi connectivity index (χ1) is 9.86. The van der Waals surface area contributed by atoms with Crippen molar-refractivity contribution in [3.8, 4) is 0 Å². The molecule has 0 saturated heterocycles. The van der Waals surface area contributed by atoms with Crippen molar-refractivity contribution >= 4 is 22.8 Å². The van der Waals surface area contributed by atoms with E-state index < -0.39 is 0 Å². The molecule has 1 aliphatic carbocycles. The highest BCUT2D eigenvalue weighted by molar-refractivity contribution is 5.92. The van der Waals surface area contributed by atoms with Gasteiger partial charge in [0.2, 0.25) is 0 Å². The van der Waals surface area contributed by atoms with Crippen molar-refractivity contribution in [3.63, 3.8) is 0 Å². The molecule has 3 aromatic rings. The van der Waals surface area contributed by atoms with Crippen LogP contribution in [0.15, 0.2) is 18.6 Å². The van der Waals surface area contributed by atoms with Crippen LogP contribution >= 0.6 is 0 Å². The fourth-order valence-electron chi connectivity index (χ4n) is 3.22. The molecular formula is C14H15N5O. The Bertz CT molecular complexity index is 766. The predicted octanol–water partition coefficient (Wildman–Crippen LogP) is 2.08. The lowest BCUT2D eigenvalue weighted by molar-refractivity contribution is -0.111. The highest BCUT2D eigenvalue weighted by Gasteiger charge is 2.26. The number of carbonyl (C=O) groups is 1. The minimum absolute atomic E-state index is 0.224. The summed E-state index contributed by atoms with van der Waals surface area (Å²) >= 11 is 0. The number of aromatic amines is 1. The van der Waals surface area contributed by atoms with E-state index in [2.05, 4.69) is 20.3 Å². The van der Waals surface area contributed by atoms with E-state index in [0.717, 1.165) is 54.2 Å². The normalized spacial score (nSPS) is 23.4. The Labute approximate surface area is 115 Å². The molecule has 0 radical (unpaired) electrons. The summed E-state index contributed by atoms with van der Waals surface area (Å²) in [5.74, 6) is 0.617. The molecule has 3 heterocycles. The van der Waals surface area contributed by atoms with Gasteiger partial charge in [-0.15, -0.1) is 5.10 Å². The fraction of sp³-hybridized carbons (Fsp3) is 0.429. The number of rotatable bonds is 2. The van der Waals surface area contributed by atoms with Crippen LogP contribution in [0.1, 0.15) is 37.3 Å². The number of nitrogens with one attached hydrogen (secondary N) is 1. The zero-order valence-electron chi connectivity index (χ0n) is 11.0. The lowest BCUT2D eigenvalue weighted by Gasteiger charge is -2.23. The molecule has 0 unspecified atom stereocenters. The molecule has 0 aliphatic heterocycles. The van der Waals surface area contributed by atoms with E-state index in [1.54, 1.807) is 10.8 Å². The average Bonchev–Trinajstić information content (AvgIpc) is 3.13. The quantitative estimate of drug-likeness (QED) is 0.723. The Kier molecular flexibility index (Phi) is 2.55. The highest BCUT2D eigenvalue weighted by Crippen LogP contribution is 2.36. The number of hydrogen-bond acceptors (Lipinski definition) is 4. The van der Waals surface area contributed by atoms with Crippen LogP contribution in [0, 0.1) is 5.92 Å². The molecule has 102 valence electrons. The van der Waals surface area contributed by atoms with Crippen molar-refractivity contribution in [3.05, 3.63) is 24.3 Å². The molecule has 1 saturated carbocycles. The van der Waals surface area contributed by atoms with Gasteiger partial charge in [0, 0.05) is 23.4 Å². The van der Waals surface area contributed by atoms with Crippen LogP contribution < -0.4 is 0 Å². The fourth-order valence-corrected chi connectivity index (χ4v) is 3.22. The SMILES string of the molecule is O=CC1CCC(c2nnn3cnc4[nH]ccc4c23)CC1. The van der Waals surface area contributed by atoms with Crippen molar-refractivity contribution < 1.29 is 4.79 Å². The highest BCUT2D eigenvalue weighted by atomic mass is 16.1. The van der Waals surface area contributed by atoms with Gasteiger partial charge >= 0.3 is 0 Å². The third-order valence-electron chi connectivity index (χ3n) is 4.35. The zero-order valence-corrected chi connectivity index (χ0v) is 11.0. The van der Waals surface area contributed by atoms with Crippen LogP contribution in [0.5, 0.6) is 0 Å². The molecule has 6 heteroatoms. The molecule has 1 aliphatic rings. The third kappa shape index (κ3) is 1.64. The molecule has 1 N–H and O–H groups in total. The Balaban J connectivity index is 1.80. The first-order valence-corrected chi connectivity index (χ1v) is 6.99. The van der Waals surface area contributed by atoms with Gasteiger partial charge < -0.3 is 9.78 Å². The first kappa shape index (κ1) is 11.6. The van der Waals surface area contributed by atoms with Gasteiger partial charge in [-0.3, -0.25) is 0 Å². The van der Waals surface area contributed by atoms with Crippen LogP contribution in [0.4, 0.5) is 0 Å². The number of aldehydes is 1. The summed E-state index contributed by atoms with van der Waals surface area (Å²) in [5, 5.41) is 9.61. The molecule has 20 heavy (non-hydrogen) atoms. The van der Waals surface area contributed by atoms with Gasteiger partial charge in [-0.05, 0) is 31.7 Å². The summed E-state index contributed by atoms with van der Waals surface area (Å²) in [7, 11) is 0. The van der Waals surface area contributed by atoms with E-state index in [0.29, 0.717) is 5.92 Å². The lowest BCUT2D eigenvalue weighted by Crippen LogP contribution is -2.14. The number of H-pyrrole nitrogens is 1. The molecule has 6 nitrogen and oxygen atoms in total. The first-order valence-electron chi connectivity index (χ1n) is 6.99. The molecule has 1 fully saturated rings. The van der Waals surface area contributed by atoms with Gasteiger partial charge in [-0.1, -0.05) is 5.21 Å². The number of nitrogens with zero attached hydrogens (tertiary/aromatic N) is 4. The smallest absolute Gasteiger partial charge is 0.141 e. The maximum Gasteiger partial charge on any atom is 0.141 e. The number of fused-ring (bicyclic) bond motifs is 3. The third-order valence-corrected chi connectivity index (χ3v) is 4.35. The van der Waals surface area contributed by atoms with Crippen LogP contribution in [-0.4, -0.2) is 31.1 Å². The second-order valence-electron chi connectivity index (χ2n) is 5.50. The molecule has 0 atom stereocenters. The van der Waals surface area contributed by atoms with E-state index in [1.807, 2.05) is 12.3 Å². The van der Waals surface area contributed by atoms with Crippen LogP contribution in [0.3, 0.4) is 0 Å². The second-order valence-corrected chi connectivity index (χ2v) is 5.50. The standard InChI is InChI=1S/C14H15N5O/c20-7-9-1-3-10(4-2-9)12-13-11-5-6-15-14(11)16-8-19(13)18-17-12/h5-10,15H,1-4H2. The summed E-state index contributed by atoms with van der Waals surface area (Å²) in [6, 6.07) is 2.02. The number of aromatic nitrogens is 5. The maximum atomic E-state index is 10.9. The van der Waals surface area contributed by atoms with Gasteiger partial charge in [0.15, 0.2) is 0 Å². The van der Waals surface area contributed by atoms with Gasteiger partial charge in [-0.2, -0.15) is 0 Å². The Morgan fingerprint density at radius 1 is 1.30 bits per heavy atom. The van der Waals surface area contributed by atoms with Gasteiger partial charge in [0.05, 0.1) is 5.69 Å². The van der Waals surface area contributed by atoms with Crippen molar-refractivity contribution in [2.45, 2.75) is 31.6 Å². The van der Waals surface area contributed by atoms with Crippen molar-refractivity contribution in [2.75, 3.05) is 0 Å². The Morgan fingerprint density at radius 3 is 2.95 bits per heavy atom. The molecule has 0 spiro atoms. The van der Waals surface area contributed by atoms with Crippen molar-refractivity contribution in [1.29, 1.82) is 0 Å². The lowest BCUT2D eigenvalue weighted by atomic mass is 9.81. The topological polar surface area (TPSA) is 75.9 Å². The summed E-state index contributed by atoms with van der Waals surface area (Å²) in [6.07, 6.45) is 8.59. The van der Waals surface area contributed by atoms with Crippen molar-refractivity contribution in [2.24, 2.45) is 5.92 Å². The molecule has 0 bridgehead atoms. The zero-order chi connectivity index (χ0) is 13.5. The summed E-state index contributed by atoms with van der Waals surface area (Å²) in [6.45, 7) is 0. The largest absolute Gasteiger partial charge is 0.346 e. The Hall–Kier alpha value is -2.24. The van der Waals surface area contributed by atoms with Crippen molar-refractivity contribution in [1.82, 2.24) is 24.8 Å². The second kappa shape index (κ2) is 4.40. The monoisotopic (exact) mass is 269 g/mol. The average molecular weight is 269 g/mol. The number of hydrogen-bond donors (Lipinski definition) is 1. The van der Waals surface area contributed by atoms with Gasteiger partial charge in [0.25, 0.3) is 0 Å². The number of carbonyl (C=O) groups excluding carboxylic acids is 1. The van der Waals surface area contributed by atoms with Crippen LogP contribution in [0.25, 0.3) is 16.6 Å². The van der Waals surface area contributed by atoms with Crippen LogP contribution in [0.2, 0.25) is 0 Å². The predicted molar refractivity (Wildman–Crippen MR) is 73.4 cm³/mol. The summed E-state index contributed by atoms with van der Waals surface area (Å²) in [5.41, 5.74) is 2.95. The minimum Gasteiger partial charge on any atom is -0.346 e. The van der Waals surface area contributed by atoms with E-state index in [9.17, 15) is 4.79 Å². The Morgan fingerprint density at radius 2 is 2.15 bits per heavy atom. The van der Waals surface area contributed by atoms with E-state index in [4.69, 9.17) is 0 Å². The van der Waals surface area contributed by atoms with E-state index in [1.165, 1.54) is 0 Å². The molecular weight excluding hydrogens is 254 g/mol. The van der Waals surface area contributed by atoms with E-state index >= 15 is 0 Å². The van der Waals surface area contributed by atoms with Gasteiger partial charge in [-0.25, -0.2) is 9.50 Å². The van der Waals surface area contributed by atoms with E-state index in [-0.39, 0.29) is 5.92 Å². The maximum absolute atomic E-state index is 10.9. The molecule has 4 rings (SSSR count). The molecule has 3 aromatic heterocycles. The van der Waals surface area contributed by atoms with Crippen LogP contribution in [-0.2, 0) is 4.79 Å². The summed E-state index contributed by atoms with van der Waals surface area (Å²) in [4.78, 5) is 18.3. The molecule has 0 aromatic carbocycles. The molecule has 0 amide bonds. The minimum atomic E-state index is 0.224. The van der Waals surface area contributed by atoms with Gasteiger partial charge in [0.1, 0.15) is 23.8 Å². The summed E-state index contributed by atoms with van der Waals surface area (Å²) < 4.78 is 1.75.